The quantitative estimate of drug-likeness (QED) is 0.757. The van der Waals surface area contributed by atoms with Crippen molar-refractivity contribution >= 4 is 5.69 Å². The smallest absolute Gasteiger partial charge is 0.129 e. The van der Waals surface area contributed by atoms with Crippen molar-refractivity contribution in [2.75, 3.05) is 12.8 Å². The van der Waals surface area contributed by atoms with Crippen molar-refractivity contribution < 1.29 is 4.74 Å². The largest absolute Gasteiger partial charge is 0.496 e. The maximum absolute atomic E-state index is 5.89. The number of benzene rings is 1. The molecule has 0 saturated carbocycles. The van der Waals surface area contributed by atoms with Crippen LogP contribution in [0.25, 0.3) is 11.1 Å². The normalized spacial score (nSPS) is 9.93. The fourth-order valence-electron chi connectivity index (χ4n) is 1.50. The average molecular weight is 200 g/mol. The summed E-state index contributed by atoms with van der Waals surface area (Å²) in [7, 11) is 1.64. The monoisotopic (exact) mass is 200 g/mol. The van der Waals surface area contributed by atoms with Crippen LogP contribution in [0.2, 0.25) is 0 Å². The van der Waals surface area contributed by atoms with Crippen LogP contribution in [-0.2, 0) is 0 Å². The van der Waals surface area contributed by atoms with Gasteiger partial charge < -0.3 is 10.5 Å². The SMILES string of the molecule is COc1ccncc1-c1ccccc1N. The summed E-state index contributed by atoms with van der Waals surface area (Å²) in [6.45, 7) is 0. The summed E-state index contributed by atoms with van der Waals surface area (Å²) < 4.78 is 5.26. The number of ether oxygens (including phenoxy) is 1. The van der Waals surface area contributed by atoms with E-state index in [1.54, 1.807) is 19.5 Å². The molecule has 0 saturated heterocycles. The molecule has 2 aromatic rings. The molecule has 0 spiro atoms. The van der Waals surface area contributed by atoms with Gasteiger partial charge in [0.05, 0.1) is 7.11 Å². The van der Waals surface area contributed by atoms with Crippen molar-refractivity contribution in [2.45, 2.75) is 0 Å². The molecule has 15 heavy (non-hydrogen) atoms. The first-order chi connectivity index (χ1) is 7.33. The topological polar surface area (TPSA) is 48.1 Å². The molecule has 1 heterocycles. The highest BCUT2D eigenvalue weighted by Gasteiger charge is 2.07. The van der Waals surface area contributed by atoms with E-state index in [-0.39, 0.29) is 0 Å². The molecule has 0 bridgehead atoms. The summed E-state index contributed by atoms with van der Waals surface area (Å²) in [6.07, 6.45) is 3.45. The van der Waals surface area contributed by atoms with Gasteiger partial charge in [-0.1, -0.05) is 18.2 Å². The minimum Gasteiger partial charge on any atom is -0.496 e. The number of nitrogens with zero attached hydrogens (tertiary/aromatic N) is 1. The number of methoxy groups -OCH3 is 1. The van der Waals surface area contributed by atoms with Gasteiger partial charge in [0.15, 0.2) is 0 Å². The zero-order chi connectivity index (χ0) is 10.7. The van der Waals surface area contributed by atoms with Crippen LogP contribution in [-0.4, -0.2) is 12.1 Å². The molecule has 76 valence electrons. The summed E-state index contributed by atoms with van der Waals surface area (Å²) in [5.41, 5.74) is 8.48. The van der Waals surface area contributed by atoms with E-state index in [2.05, 4.69) is 4.98 Å². The van der Waals surface area contributed by atoms with Gasteiger partial charge >= 0.3 is 0 Å². The highest BCUT2D eigenvalue weighted by Crippen LogP contribution is 2.32. The second-order valence-corrected chi connectivity index (χ2v) is 3.16. The van der Waals surface area contributed by atoms with E-state index in [4.69, 9.17) is 10.5 Å². The van der Waals surface area contributed by atoms with Crippen molar-refractivity contribution in [3.8, 4) is 16.9 Å². The Balaban J connectivity index is 2.59. The van der Waals surface area contributed by atoms with Crippen molar-refractivity contribution in [3.05, 3.63) is 42.7 Å². The molecule has 0 aliphatic rings. The molecule has 0 radical (unpaired) electrons. The number of aromatic nitrogens is 1. The van der Waals surface area contributed by atoms with E-state index in [1.807, 2.05) is 30.3 Å². The summed E-state index contributed by atoms with van der Waals surface area (Å²) in [6, 6.07) is 9.48. The third-order valence-corrected chi connectivity index (χ3v) is 2.25. The van der Waals surface area contributed by atoms with Gasteiger partial charge in [0.1, 0.15) is 5.75 Å². The van der Waals surface area contributed by atoms with Crippen LogP contribution in [0.1, 0.15) is 0 Å². The summed E-state index contributed by atoms with van der Waals surface area (Å²) in [5, 5.41) is 0. The number of nitrogen functional groups attached to an aromatic ring is 1. The Kier molecular flexibility index (Phi) is 2.54. The third-order valence-electron chi connectivity index (χ3n) is 2.25. The average Bonchev–Trinajstić information content (AvgIpc) is 2.30. The molecular weight excluding hydrogens is 188 g/mol. The molecule has 0 atom stereocenters. The Bertz CT molecular complexity index is 469. The van der Waals surface area contributed by atoms with Gasteiger partial charge in [-0.3, -0.25) is 4.98 Å². The number of anilines is 1. The third kappa shape index (κ3) is 1.76. The summed E-state index contributed by atoms with van der Waals surface area (Å²) >= 11 is 0. The zero-order valence-electron chi connectivity index (χ0n) is 8.47. The van der Waals surface area contributed by atoms with Crippen molar-refractivity contribution in [3.63, 3.8) is 0 Å². The molecule has 0 aliphatic carbocycles. The van der Waals surface area contributed by atoms with E-state index in [0.717, 1.165) is 22.6 Å². The van der Waals surface area contributed by atoms with E-state index in [1.165, 1.54) is 0 Å². The zero-order valence-corrected chi connectivity index (χ0v) is 8.47. The lowest BCUT2D eigenvalue weighted by atomic mass is 10.1. The Hall–Kier alpha value is -2.03. The lowest BCUT2D eigenvalue weighted by molar-refractivity contribution is 0.416. The number of rotatable bonds is 2. The van der Waals surface area contributed by atoms with Crippen LogP contribution < -0.4 is 10.5 Å². The Morgan fingerprint density at radius 3 is 2.67 bits per heavy atom. The summed E-state index contributed by atoms with van der Waals surface area (Å²) in [4.78, 5) is 4.08. The molecule has 1 aromatic carbocycles. The molecule has 0 amide bonds. The number of hydrogen-bond donors (Lipinski definition) is 1. The van der Waals surface area contributed by atoms with Gasteiger partial charge in [0.25, 0.3) is 0 Å². The minimum atomic E-state index is 0.726. The Morgan fingerprint density at radius 2 is 1.93 bits per heavy atom. The predicted octanol–water partition coefficient (Wildman–Crippen LogP) is 2.34. The van der Waals surface area contributed by atoms with E-state index in [9.17, 15) is 0 Å². The van der Waals surface area contributed by atoms with Crippen LogP contribution in [0, 0.1) is 0 Å². The van der Waals surface area contributed by atoms with Crippen LogP contribution >= 0.6 is 0 Å². The number of para-hydroxylation sites is 1. The van der Waals surface area contributed by atoms with Crippen molar-refractivity contribution in [2.24, 2.45) is 0 Å². The first-order valence-corrected chi connectivity index (χ1v) is 4.66. The van der Waals surface area contributed by atoms with Crippen LogP contribution in [0.4, 0.5) is 5.69 Å². The Labute approximate surface area is 88.5 Å². The highest BCUT2D eigenvalue weighted by atomic mass is 16.5. The fourth-order valence-corrected chi connectivity index (χ4v) is 1.50. The van der Waals surface area contributed by atoms with Crippen molar-refractivity contribution in [1.82, 2.24) is 4.98 Å². The predicted molar refractivity (Wildman–Crippen MR) is 60.6 cm³/mol. The van der Waals surface area contributed by atoms with E-state index < -0.39 is 0 Å². The number of pyridine rings is 1. The molecule has 1 aromatic heterocycles. The second-order valence-electron chi connectivity index (χ2n) is 3.16. The molecule has 3 nitrogen and oxygen atoms in total. The molecule has 0 fully saturated rings. The first-order valence-electron chi connectivity index (χ1n) is 4.66. The molecule has 3 heteroatoms. The summed E-state index contributed by atoms with van der Waals surface area (Å²) in [5.74, 6) is 0.780. The van der Waals surface area contributed by atoms with Crippen LogP contribution in [0.15, 0.2) is 42.7 Å². The number of hydrogen-bond acceptors (Lipinski definition) is 3. The Morgan fingerprint density at radius 1 is 1.13 bits per heavy atom. The van der Waals surface area contributed by atoms with Gasteiger partial charge in [-0.05, 0) is 12.1 Å². The van der Waals surface area contributed by atoms with Gasteiger partial charge in [0, 0.05) is 29.2 Å². The fraction of sp³-hybridized carbons (Fsp3) is 0.0833. The second kappa shape index (κ2) is 4.00. The van der Waals surface area contributed by atoms with Crippen molar-refractivity contribution in [1.29, 1.82) is 0 Å². The molecule has 0 aliphatic heterocycles. The van der Waals surface area contributed by atoms with Gasteiger partial charge in [-0.2, -0.15) is 0 Å². The van der Waals surface area contributed by atoms with Crippen LogP contribution in [0.3, 0.4) is 0 Å². The number of nitrogens with two attached hydrogens (primary N) is 1. The molecule has 2 rings (SSSR count). The van der Waals surface area contributed by atoms with Gasteiger partial charge in [-0.25, -0.2) is 0 Å². The van der Waals surface area contributed by atoms with Crippen LogP contribution in [0.5, 0.6) is 5.75 Å². The lowest BCUT2D eigenvalue weighted by Crippen LogP contribution is -1.93. The lowest BCUT2D eigenvalue weighted by Gasteiger charge is -2.09. The molecular formula is C12H12N2O. The van der Waals surface area contributed by atoms with E-state index >= 15 is 0 Å². The maximum atomic E-state index is 5.89. The van der Waals surface area contributed by atoms with E-state index in [0.29, 0.717) is 0 Å². The molecule has 2 N–H and O–H groups in total. The first kappa shape index (κ1) is 9.52. The van der Waals surface area contributed by atoms with Gasteiger partial charge in [-0.15, -0.1) is 0 Å². The van der Waals surface area contributed by atoms with Gasteiger partial charge in [0.2, 0.25) is 0 Å². The standard InChI is InChI=1S/C12H12N2O/c1-15-12-6-7-14-8-10(12)9-4-2-3-5-11(9)13/h2-8H,13H2,1H3. The maximum Gasteiger partial charge on any atom is 0.129 e. The minimum absolute atomic E-state index is 0.726. The highest BCUT2D eigenvalue weighted by molar-refractivity contribution is 5.79. The molecule has 0 unspecified atom stereocenters.